The molecule has 0 N–H and O–H groups in total. The number of nitrogens with zero attached hydrogens (tertiary/aromatic N) is 1. The van der Waals surface area contributed by atoms with Crippen molar-refractivity contribution in [3.63, 3.8) is 0 Å². The van der Waals surface area contributed by atoms with E-state index in [0.29, 0.717) is 0 Å². The maximum atomic E-state index is 9.18. The second kappa shape index (κ2) is 7.09. The molecule has 4 heteroatoms. The van der Waals surface area contributed by atoms with Gasteiger partial charge in [0.25, 0.3) is 5.09 Å². The molecular formula is C9H13NO3. The van der Waals surface area contributed by atoms with Gasteiger partial charge in [0, 0.05) is 0 Å². The molecule has 0 bridgehead atoms. The van der Waals surface area contributed by atoms with Gasteiger partial charge >= 0.3 is 0 Å². The van der Waals surface area contributed by atoms with Crippen molar-refractivity contribution in [1.82, 2.24) is 0 Å². The second-order valence-corrected chi connectivity index (χ2v) is 2.30. The van der Waals surface area contributed by atoms with Crippen LogP contribution in [0.1, 0.15) is 12.5 Å². The van der Waals surface area contributed by atoms with Crippen LogP contribution in [0.4, 0.5) is 0 Å². The van der Waals surface area contributed by atoms with Crippen LogP contribution in [0.25, 0.3) is 0 Å². The molecule has 0 aromatic heterocycles. The Labute approximate surface area is 77.3 Å². The van der Waals surface area contributed by atoms with Crippen LogP contribution in [-0.4, -0.2) is 11.7 Å². The molecule has 72 valence electrons. The van der Waals surface area contributed by atoms with E-state index in [4.69, 9.17) is 0 Å². The Morgan fingerprint density at radius 3 is 2.08 bits per heavy atom. The van der Waals surface area contributed by atoms with Crippen LogP contribution < -0.4 is 0 Å². The Kier molecular flexibility index (Phi) is 6.23. The number of rotatable bonds is 2. The lowest BCUT2D eigenvalue weighted by atomic mass is 10.2. The van der Waals surface area contributed by atoms with Gasteiger partial charge in [-0.05, 0) is 13.8 Å². The van der Waals surface area contributed by atoms with E-state index in [-0.39, 0.29) is 6.61 Å². The molecular weight excluding hydrogens is 170 g/mol. The van der Waals surface area contributed by atoms with Crippen molar-refractivity contribution in [3.8, 4) is 0 Å². The molecule has 0 aliphatic rings. The van der Waals surface area contributed by atoms with Crippen LogP contribution in [0.3, 0.4) is 0 Å². The maximum Gasteiger partial charge on any atom is 0.294 e. The highest BCUT2D eigenvalue weighted by molar-refractivity contribution is 5.11. The topological polar surface area (TPSA) is 52.4 Å². The molecule has 1 aromatic carbocycles. The predicted molar refractivity (Wildman–Crippen MR) is 49.8 cm³/mol. The first-order valence-electron chi connectivity index (χ1n) is 3.95. The summed E-state index contributed by atoms with van der Waals surface area (Å²) in [5.41, 5.74) is 1.32. The molecule has 1 aromatic rings. The lowest BCUT2D eigenvalue weighted by Crippen LogP contribution is -1.97. The van der Waals surface area contributed by atoms with Crippen molar-refractivity contribution in [3.05, 3.63) is 46.0 Å². The first kappa shape index (κ1) is 11.4. The zero-order valence-corrected chi connectivity index (χ0v) is 7.77. The van der Waals surface area contributed by atoms with Crippen molar-refractivity contribution in [2.75, 3.05) is 6.61 Å². The molecule has 0 amide bonds. The van der Waals surface area contributed by atoms with Gasteiger partial charge in [0.1, 0.15) is 0 Å². The third kappa shape index (κ3) is 8.33. The molecule has 0 aliphatic carbocycles. The molecule has 0 unspecified atom stereocenters. The Bertz CT molecular complexity index is 236. The van der Waals surface area contributed by atoms with E-state index in [0.717, 1.165) is 0 Å². The van der Waals surface area contributed by atoms with E-state index in [1.54, 1.807) is 6.92 Å². The molecule has 0 fully saturated rings. The molecule has 0 heterocycles. The molecule has 0 radical (unpaired) electrons. The summed E-state index contributed by atoms with van der Waals surface area (Å²) in [6.07, 6.45) is 0. The van der Waals surface area contributed by atoms with Crippen LogP contribution >= 0.6 is 0 Å². The minimum atomic E-state index is -0.819. The summed E-state index contributed by atoms with van der Waals surface area (Å²) in [6, 6.07) is 10.3. The summed E-state index contributed by atoms with van der Waals surface area (Å²) in [4.78, 5) is 12.9. The zero-order chi connectivity index (χ0) is 10.1. The molecule has 0 aliphatic heterocycles. The van der Waals surface area contributed by atoms with Gasteiger partial charge in [0.2, 0.25) is 0 Å². The Hall–Kier alpha value is -1.58. The van der Waals surface area contributed by atoms with Crippen molar-refractivity contribution in [2.45, 2.75) is 13.8 Å². The number of hydrogen-bond donors (Lipinski definition) is 0. The van der Waals surface area contributed by atoms with E-state index < -0.39 is 5.09 Å². The smallest absolute Gasteiger partial charge is 0.294 e. The van der Waals surface area contributed by atoms with Crippen molar-refractivity contribution < 1.29 is 9.92 Å². The Morgan fingerprint density at radius 1 is 1.38 bits per heavy atom. The number of hydrogen-bond acceptors (Lipinski definition) is 3. The summed E-state index contributed by atoms with van der Waals surface area (Å²) in [5.74, 6) is 0. The second-order valence-electron chi connectivity index (χ2n) is 2.30. The molecule has 0 atom stereocenters. The van der Waals surface area contributed by atoms with Crippen molar-refractivity contribution in [1.29, 1.82) is 0 Å². The summed E-state index contributed by atoms with van der Waals surface area (Å²) in [5, 5.41) is 8.36. The van der Waals surface area contributed by atoms with Crippen molar-refractivity contribution >= 4 is 0 Å². The van der Waals surface area contributed by atoms with Crippen LogP contribution in [0.2, 0.25) is 0 Å². The minimum absolute atomic E-state index is 0.132. The zero-order valence-electron chi connectivity index (χ0n) is 7.77. The Balaban J connectivity index is 0.000000226. The van der Waals surface area contributed by atoms with E-state index in [1.807, 2.05) is 18.2 Å². The molecule has 1 rings (SSSR count). The lowest BCUT2D eigenvalue weighted by molar-refractivity contribution is -0.756. The average molecular weight is 183 g/mol. The van der Waals surface area contributed by atoms with E-state index >= 15 is 0 Å². The van der Waals surface area contributed by atoms with Gasteiger partial charge in [-0.15, -0.1) is 10.1 Å². The number of aryl methyl sites for hydroxylation is 1. The third-order valence-corrected chi connectivity index (χ3v) is 1.17. The largest absolute Gasteiger partial charge is 0.314 e. The fourth-order valence-corrected chi connectivity index (χ4v) is 0.640. The van der Waals surface area contributed by atoms with Crippen LogP contribution in [0.15, 0.2) is 30.3 Å². The van der Waals surface area contributed by atoms with Crippen LogP contribution in [-0.2, 0) is 4.84 Å². The van der Waals surface area contributed by atoms with E-state index in [9.17, 15) is 10.1 Å². The quantitative estimate of drug-likeness (QED) is 0.521. The van der Waals surface area contributed by atoms with Crippen LogP contribution in [0.5, 0.6) is 0 Å². The average Bonchev–Trinajstić information content (AvgIpc) is 2.06. The van der Waals surface area contributed by atoms with Gasteiger partial charge in [-0.25, -0.2) is 0 Å². The van der Waals surface area contributed by atoms with Gasteiger partial charge in [0.05, 0.1) is 6.61 Å². The molecule has 0 saturated heterocycles. The monoisotopic (exact) mass is 183 g/mol. The minimum Gasteiger partial charge on any atom is -0.314 e. The summed E-state index contributed by atoms with van der Waals surface area (Å²) in [6.45, 7) is 3.77. The van der Waals surface area contributed by atoms with Crippen LogP contribution in [0, 0.1) is 17.0 Å². The van der Waals surface area contributed by atoms with Crippen molar-refractivity contribution in [2.24, 2.45) is 0 Å². The highest BCUT2D eigenvalue weighted by atomic mass is 16.9. The lowest BCUT2D eigenvalue weighted by Gasteiger charge is -1.83. The third-order valence-electron chi connectivity index (χ3n) is 1.17. The van der Waals surface area contributed by atoms with Gasteiger partial charge < -0.3 is 4.84 Å². The standard InChI is InChI=1S/C7H8.C2H5NO3/c1-7-5-3-2-4-6-7;1-2-6-3(4)5/h2-6H,1H3;2H2,1H3. The number of benzene rings is 1. The van der Waals surface area contributed by atoms with Gasteiger partial charge in [0.15, 0.2) is 0 Å². The SMILES string of the molecule is CCO[N+](=O)[O-].Cc1ccccc1. The first-order valence-corrected chi connectivity index (χ1v) is 3.95. The van der Waals surface area contributed by atoms with Gasteiger partial charge in [-0.3, -0.25) is 0 Å². The maximum absolute atomic E-state index is 9.18. The summed E-state index contributed by atoms with van der Waals surface area (Å²) in [7, 11) is 0. The van der Waals surface area contributed by atoms with E-state index in [2.05, 4.69) is 23.9 Å². The van der Waals surface area contributed by atoms with Gasteiger partial charge in [-0.2, -0.15) is 0 Å². The first-order chi connectivity index (χ1) is 6.16. The van der Waals surface area contributed by atoms with Gasteiger partial charge in [-0.1, -0.05) is 35.9 Å². The summed E-state index contributed by atoms with van der Waals surface area (Å²) >= 11 is 0. The fourth-order valence-electron chi connectivity index (χ4n) is 0.640. The highest BCUT2D eigenvalue weighted by Crippen LogP contribution is 1.92. The molecule has 0 spiro atoms. The normalized spacial score (nSPS) is 8.15. The molecule has 13 heavy (non-hydrogen) atoms. The molecule has 4 nitrogen and oxygen atoms in total. The Morgan fingerprint density at radius 2 is 1.92 bits per heavy atom. The fraction of sp³-hybridized carbons (Fsp3) is 0.333. The predicted octanol–water partition coefficient (Wildman–Crippen LogP) is 2.21. The highest BCUT2D eigenvalue weighted by Gasteiger charge is 1.83. The molecule has 0 saturated carbocycles. The summed E-state index contributed by atoms with van der Waals surface area (Å²) < 4.78 is 0. The van der Waals surface area contributed by atoms with E-state index in [1.165, 1.54) is 5.56 Å².